The van der Waals surface area contributed by atoms with Crippen molar-refractivity contribution >= 4 is 117 Å². The Kier molecular flexibility index (Phi) is 27.0. The molecule has 0 spiro atoms. The third kappa shape index (κ3) is 21.3. The number of nitrogens with one attached hydrogen (secondary N) is 9. The number of nitrogens with two attached hydrogens (primary N) is 2. The largest absolute Gasteiger partial charge is 0.481 e. The van der Waals surface area contributed by atoms with Crippen molar-refractivity contribution in [1.29, 1.82) is 0 Å². The number of carboxylic acid groups (broad SMARTS) is 1. The Morgan fingerprint density at radius 2 is 1.37 bits per heavy atom. The number of primary amides is 1. The number of benzene rings is 4. The number of halogens is 3. The van der Waals surface area contributed by atoms with Crippen molar-refractivity contribution in [1.82, 2.24) is 57.1 Å². The van der Waals surface area contributed by atoms with Gasteiger partial charge in [-0.05, 0) is 126 Å². The van der Waals surface area contributed by atoms with Gasteiger partial charge in [-0.2, -0.15) is 23.5 Å². The standard InChI is InChI=1S/C70H80ClF2N13O12S2/c71-46-14-9-39(10-15-46)24-58-70(98)86-21-4-8-59(86)60(87)27-45(64(75)92)37-100-36-41-6-3-5-40(23-41)35-99-22-19-61(88)80-53(7-1-2-20-74)65(93)78-34-62(89)81-54(26-44-32-77-52-18-17-48(73)29-51(44)52)66(94)82-55(25-43-12-11-42-13-16-47(72)28-50(42)43)67(95)84-57(31-63(90)91)69(97)83-56(68(96)85-58)30-49-33-76-38-79-49/h3,5-6,9-10,12-18,23,28-29,32-33,38,45,53-59,77H,1-2,4,7-8,11,19-22,24-27,30-31,34-37,74H2,(H2,75,92)(H,76,79)(H,78,93)(H,80,88)(H,81,89)(H,82,94)(H,83,97)(H,84,95)(H,85,96)(H,90,91)/t45-,53-,54-,55-,56-,57-,58-,59-/m0/s1. The molecule has 1 aliphatic carbocycles. The summed E-state index contributed by atoms with van der Waals surface area (Å²) in [6, 6.07) is 11.5. The van der Waals surface area contributed by atoms with Gasteiger partial charge < -0.3 is 68.7 Å². The number of H-pyrrole nitrogens is 2. The number of carboxylic acids is 1. The van der Waals surface area contributed by atoms with E-state index in [-0.39, 0.29) is 69.4 Å². The normalized spacial score (nSPS) is 22.6. The molecule has 0 saturated carbocycles. The summed E-state index contributed by atoms with van der Waals surface area (Å²) in [5, 5.41) is 29.4. The van der Waals surface area contributed by atoms with E-state index in [4.69, 9.17) is 23.1 Å². The molecular formula is C70H80ClF2N13O12S2. The van der Waals surface area contributed by atoms with Crippen molar-refractivity contribution in [2.45, 2.75) is 137 Å². The van der Waals surface area contributed by atoms with Crippen LogP contribution in [0.3, 0.4) is 0 Å². The van der Waals surface area contributed by atoms with Crippen LogP contribution in [0.5, 0.6) is 0 Å². The van der Waals surface area contributed by atoms with E-state index in [1.54, 1.807) is 36.4 Å². The van der Waals surface area contributed by atoms with Gasteiger partial charge in [-0.1, -0.05) is 60.1 Å². The fourth-order valence-corrected chi connectivity index (χ4v) is 14.4. The summed E-state index contributed by atoms with van der Waals surface area (Å²) in [4.78, 5) is 168. The van der Waals surface area contributed by atoms with Crippen LogP contribution in [0.15, 0.2) is 110 Å². The van der Waals surface area contributed by atoms with Gasteiger partial charge in [-0.3, -0.25) is 52.7 Å². The number of imidazole rings is 1. The molecule has 530 valence electrons. The van der Waals surface area contributed by atoms with E-state index in [0.29, 0.717) is 86.8 Å². The highest BCUT2D eigenvalue weighted by Crippen LogP contribution is 2.32. The van der Waals surface area contributed by atoms with Gasteiger partial charge in [0.1, 0.15) is 47.9 Å². The number of aromatic amines is 2. The van der Waals surface area contributed by atoms with Gasteiger partial charge in [-0.15, -0.1) is 0 Å². The molecule has 9 rings (SSSR count). The quantitative estimate of drug-likeness (QED) is 0.0643. The maximum absolute atomic E-state index is 15.1. The highest BCUT2D eigenvalue weighted by molar-refractivity contribution is 7.98. The topological polar surface area (TPSA) is 392 Å². The lowest BCUT2D eigenvalue weighted by atomic mass is 9.97. The first-order valence-corrected chi connectivity index (χ1v) is 35.6. The Morgan fingerprint density at radius 1 is 0.700 bits per heavy atom. The maximum Gasteiger partial charge on any atom is 0.305 e. The zero-order valence-corrected chi connectivity index (χ0v) is 57.0. The highest BCUT2D eigenvalue weighted by atomic mass is 35.5. The number of allylic oxidation sites excluding steroid dienone is 1. The summed E-state index contributed by atoms with van der Waals surface area (Å²) >= 11 is 9.14. The summed E-state index contributed by atoms with van der Waals surface area (Å²) in [6.07, 6.45) is 5.24. The van der Waals surface area contributed by atoms with E-state index in [0.717, 1.165) is 11.1 Å². The van der Waals surface area contributed by atoms with Crippen molar-refractivity contribution in [2.75, 3.05) is 31.1 Å². The molecule has 25 nitrogen and oxygen atoms in total. The second-order valence-corrected chi connectivity index (χ2v) is 27.5. The maximum atomic E-state index is 15.1. The molecule has 14 N–H and O–H groups in total. The number of hydrogen-bond acceptors (Lipinski definition) is 15. The second kappa shape index (κ2) is 36.1. The van der Waals surface area contributed by atoms with Gasteiger partial charge in [0.15, 0.2) is 5.78 Å². The number of ketones is 1. The fourth-order valence-electron chi connectivity index (χ4n) is 12.3. The molecule has 100 heavy (non-hydrogen) atoms. The van der Waals surface area contributed by atoms with Crippen LogP contribution in [0.2, 0.25) is 5.02 Å². The van der Waals surface area contributed by atoms with E-state index in [1.165, 1.54) is 77.5 Å². The Morgan fingerprint density at radius 3 is 2.08 bits per heavy atom. The molecule has 9 amide bonds. The molecule has 8 atom stereocenters. The molecule has 4 aromatic carbocycles. The molecule has 1 fully saturated rings. The Hall–Kier alpha value is -9.45. The predicted octanol–water partition coefficient (Wildman–Crippen LogP) is 4.13. The van der Waals surface area contributed by atoms with Crippen LogP contribution in [0.25, 0.3) is 16.5 Å². The Balaban J connectivity index is 1.05. The fraction of sp³-hybridized carbons (Fsp3) is 0.400. The minimum atomic E-state index is -2.01. The molecule has 0 unspecified atom stereocenters. The number of aromatic nitrogens is 3. The van der Waals surface area contributed by atoms with E-state index >= 15 is 14.4 Å². The van der Waals surface area contributed by atoms with Crippen LogP contribution in [0.4, 0.5) is 8.78 Å². The summed E-state index contributed by atoms with van der Waals surface area (Å²) in [5.41, 5.74) is 16.6. The van der Waals surface area contributed by atoms with Crippen molar-refractivity contribution in [3.05, 3.63) is 165 Å². The number of carbonyl (C=O) groups is 11. The first-order valence-electron chi connectivity index (χ1n) is 32.9. The minimum absolute atomic E-state index is 0.0245. The number of amides is 9. The molecule has 2 aliphatic heterocycles. The molecule has 1 saturated heterocycles. The third-order valence-electron chi connectivity index (χ3n) is 17.5. The summed E-state index contributed by atoms with van der Waals surface area (Å²) in [6.45, 7) is -0.323. The molecule has 30 heteroatoms. The molecule has 2 aromatic heterocycles. The SMILES string of the molecule is NCCCC[C@@H]1NC(=O)CCSCc2cccc(c2)CSC[C@@H](C(N)=O)CC(=O)[C@@H]2CCCN2C(=O)[C@H](Cc2ccc(Cl)cc2)NC(=O)[C@H](Cc2cnc[nH]2)NC(=O)[C@H](CC(=O)O)NC(=O)[C@H](CC2=CCc3ccc(F)cc32)NC(=O)[C@H](Cc2c[nH]c3ccc(F)cc23)NC(=O)CNC1=O. The molecule has 4 heterocycles. The monoisotopic (exact) mass is 1430 g/mol. The van der Waals surface area contributed by atoms with Crippen LogP contribution in [0, 0.1) is 17.6 Å². The number of hydrogen-bond donors (Lipinski definition) is 12. The lowest BCUT2D eigenvalue weighted by molar-refractivity contribution is -0.142. The first-order chi connectivity index (χ1) is 48.1. The van der Waals surface area contributed by atoms with Gasteiger partial charge in [0.2, 0.25) is 53.2 Å². The van der Waals surface area contributed by atoms with E-state index < -0.39 is 144 Å². The van der Waals surface area contributed by atoms with Crippen LogP contribution < -0.4 is 48.7 Å². The number of fused-ring (bicyclic) bond motifs is 5. The van der Waals surface area contributed by atoms with Gasteiger partial charge in [0.25, 0.3) is 0 Å². The van der Waals surface area contributed by atoms with Gasteiger partial charge in [-0.25, -0.2) is 13.8 Å². The Bertz CT molecular complexity index is 4010. The number of carbonyl (C=O) groups excluding carboxylic acids is 10. The molecular weight excluding hydrogens is 1350 g/mol. The molecule has 2 bridgehead atoms. The minimum Gasteiger partial charge on any atom is -0.481 e. The summed E-state index contributed by atoms with van der Waals surface area (Å²) < 4.78 is 29.8. The zero-order valence-electron chi connectivity index (χ0n) is 54.6. The number of aliphatic carboxylic acids is 1. The lowest BCUT2D eigenvalue weighted by Gasteiger charge is -2.30. The van der Waals surface area contributed by atoms with E-state index in [9.17, 15) is 52.2 Å². The number of nitrogens with zero attached hydrogens (tertiary/aromatic N) is 2. The van der Waals surface area contributed by atoms with Crippen molar-refractivity contribution in [3.8, 4) is 0 Å². The molecule has 6 aromatic rings. The second-order valence-electron chi connectivity index (χ2n) is 24.9. The van der Waals surface area contributed by atoms with Crippen molar-refractivity contribution < 1.29 is 66.6 Å². The lowest BCUT2D eigenvalue weighted by Crippen LogP contribution is -2.60. The summed E-state index contributed by atoms with van der Waals surface area (Å²) in [7, 11) is 0. The van der Waals surface area contributed by atoms with Crippen LogP contribution in [-0.2, 0) is 89.9 Å². The number of rotatable bonds is 15. The van der Waals surface area contributed by atoms with Crippen LogP contribution >= 0.6 is 35.1 Å². The average molecular weight is 1430 g/mol. The summed E-state index contributed by atoms with van der Waals surface area (Å²) in [5.74, 6) is -10.5. The van der Waals surface area contributed by atoms with Gasteiger partial charge >= 0.3 is 5.97 Å². The average Bonchev–Trinajstić information content (AvgIpc) is 1.64. The van der Waals surface area contributed by atoms with Gasteiger partial charge in [0.05, 0.1) is 31.3 Å². The molecule has 0 radical (unpaired) electrons. The highest BCUT2D eigenvalue weighted by Gasteiger charge is 2.41. The van der Waals surface area contributed by atoms with Crippen LogP contribution in [0.1, 0.15) is 96.9 Å². The number of unbranched alkanes of at least 4 members (excludes halogenated alkanes) is 1. The Labute approximate surface area is 588 Å². The number of Topliss-reactive ketones (excluding diaryl/α,β-unsaturated/α-hetero) is 1. The van der Waals surface area contributed by atoms with E-state index in [2.05, 4.69) is 52.2 Å². The zero-order chi connectivity index (χ0) is 71.4. The van der Waals surface area contributed by atoms with Crippen LogP contribution in [-0.4, -0.2) is 163 Å². The first kappa shape index (κ1) is 74.8. The molecule has 3 aliphatic rings. The number of thioether (sulfide) groups is 2. The van der Waals surface area contributed by atoms with Gasteiger partial charge in [0, 0.05) is 102 Å². The predicted molar refractivity (Wildman–Crippen MR) is 372 cm³/mol. The third-order valence-corrected chi connectivity index (χ3v) is 20.0. The van der Waals surface area contributed by atoms with Crippen molar-refractivity contribution in [2.24, 2.45) is 17.4 Å². The van der Waals surface area contributed by atoms with Crippen molar-refractivity contribution in [3.63, 3.8) is 0 Å². The smallest absolute Gasteiger partial charge is 0.305 e. The van der Waals surface area contributed by atoms with E-state index in [1.807, 2.05) is 24.3 Å².